The monoisotopic (exact) mass is 497 g/mol. The molecule has 2 aliphatic heterocycles. The molecule has 1 N–H and O–H groups in total. The fraction of sp³-hybridized carbons (Fsp3) is 0.571. The first-order valence-corrected chi connectivity index (χ1v) is 13.6. The first-order chi connectivity index (χ1) is 16.7. The molecule has 190 valence electrons. The minimum atomic E-state index is -0.409. The van der Waals surface area contributed by atoms with E-state index in [-0.39, 0.29) is 17.4 Å². The van der Waals surface area contributed by atoms with Gasteiger partial charge in [-0.2, -0.15) is 0 Å². The third-order valence-corrected chi connectivity index (χ3v) is 8.54. The van der Waals surface area contributed by atoms with Gasteiger partial charge >= 0.3 is 0 Å². The number of nitrogens with one attached hydrogen (secondary N) is 1. The van der Waals surface area contributed by atoms with Crippen LogP contribution in [0.15, 0.2) is 41.8 Å². The summed E-state index contributed by atoms with van der Waals surface area (Å²) in [7, 11) is 1.67. The van der Waals surface area contributed by atoms with Crippen LogP contribution in [0.4, 0.5) is 0 Å². The molecule has 1 aromatic heterocycles. The number of amides is 2. The first-order valence-electron chi connectivity index (χ1n) is 12.7. The fourth-order valence-electron chi connectivity index (χ4n) is 5.13. The molecule has 1 spiro atoms. The van der Waals surface area contributed by atoms with E-state index < -0.39 is 5.41 Å². The second-order valence-corrected chi connectivity index (χ2v) is 12.0. The van der Waals surface area contributed by atoms with Crippen molar-refractivity contribution in [3.8, 4) is 5.75 Å². The third-order valence-electron chi connectivity index (χ3n) is 7.55. The lowest BCUT2D eigenvalue weighted by Crippen LogP contribution is -2.45. The summed E-state index contributed by atoms with van der Waals surface area (Å²) in [6, 6.07) is 12.2. The van der Waals surface area contributed by atoms with Crippen LogP contribution in [0.2, 0.25) is 0 Å². The van der Waals surface area contributed by atoms with Gasteiger partial charge in [0.1, 0.15) is 5.75 Å². The molecule has 2 amide bonds. The van der Waals surface area contributed by atoms with Gasteiger partial charge in [0.25, 0.3) is 0 Å². The maximum atomic E-state index is 13.4. The van der Waals surface area contributed by atoms with Crippen molar-refractivity contribution in [3.63, 3.8) is 0 Å². The number of nitrogens with zero attached hydrogens (tertiary/aromatic N) is 2. The van der Waals surface area contributed by atoms with Gasteiger partial charge in [-0.15, -0.1) is 11.3 Å². The molecule has 7 heteroatoms. The predicted octanol–water partition coefficient (Wildman–Crippen LogP) is 4.86. The fourth-order valence-corrected chi connectivity index (χ4v) is 5.94. The van der Waals surface area contributed by atoms with E-state index >= 15 is 0 Å². The minimum absolute atomic E-state index is 0.0331. The quantitative estimate of drug-likeness (QED) is 0.566. The maximum absolute atomic E-state index is 13.4. The summed E-state index contributed by atoms with van der Waals surface area (Å²) in [4.78, 5) is 31.7. The second kappa shape index (κ2) is 10.7. The van der Waals surface area contributed by atoms with Gasteiger partial charge in [-0.25, -0.2) is 0 Å². The van der Waals surface area contributed by atoms with Crippen LogP contribution in [0, 0.1) is 10.8 Å². The van der Waals surface area contributed by atoms with E-state index in [1.807, 2.05) is 56.0 Å². The Morgan fingerprint density at radius 3 is 2.40 bits per heavy atom. The Kier molecular flexibility index (Phi) is 7.86. The Labute approximate surface area is 213 Å². The molecule has 1 unspecified atom stereocenters. The van der Waals surface area contributed by atoms with Gasteiger partial charge in [0.15, 0.2) is 0 Å². The summed E-state index contributed by atoms with van der Waals surface area (Å²) in [5, 5.41) is 5.34. The van der Waals surface area contributed by atoms with Crippen LogP contribution in [0.1, 0.15) is 62.9 Å². The Morgan fingerprint density at radius 2 is 1.80 bits per heavy atom. The van der Waals surface area contributed by atoms with E-state index in [4.69, 9.17) is 4.74 Å². The van der Waals surface area contributed by atoms with Crippen molar-refractivity contribution in [3.05, 3.63) is 52.2 Å². The van der Waals surface area contributed by atoms with Crippen molar-refractivity contribution in [2.45, 2.75) is 59.0 Å². The average Bonchev–Trinajstić information content (AvgIpc) is 3.48. The third kappa shape index (κ3) is 6.07. The van der Waals surface area contributed by atoms with Crippen LogP contribution in [-0.4, -0.2) is 54.9 Å². The largest absolute Gasteiger partial charge is 0.497 e. The zero-order chi connectivity index (χ0) is 25.1. The molecule has 0 bridgehead atoms. The van der Waals surface area contributed by atoms with Crippen molar-refractivity contribution in [2.24, 2.45) is 10.8 Å². The number of piperidine rings is 1. The number of carbonyl (C=O) groups excluding carboxylic acids is 2. The Morgan fingerprint density at radius 1 is 1.11 bits per heavy atom. The van der Waals surface area contributed by atoms with Gasteiger partial charge in [0, 0.05) is 29.9 Å². The van der Waals surface area contributed by atoms with Gasteiger partial charge < -0.3 is 19.9 Å². The number of carbonyl (C=O) groups is 2. The maximum Gasteiger partial charge on any atom is 0.229 e. The van der Waals surface area contributed by atoms with Crippen LogP contribution in [0.25, 0.3) is 0 Å². The molecule has 1 atom stereocenters. The van der Waals surface area contributed by atoms with Crippen molar-refractivity contribution in [1.82, 2.24) is 15.1 Å². The topological polar surface area (TPSA) is 61.9 Å². The summed E-state index contributed by atoms with van der Waals surface area (Å²) in [5.41, 5.74) is 0.537. The highest BCUT2D eigenvalue weighted by Gasteiger charge is 2.47. The zero-order valence-electron chi connectivity index (χ0n) is 21.5. The SMILES string of the molecule is COc1ccc(CN2CCC3(CCN(CCC(NC(=O)C(C)(C)C)c4cccs4)CC3)C2=O)cc1. The van der Waals surface area contributed by atoms with Gasteiger partial charge in [-0.3, -0.25) is 9.59 Å². The average molecular weight is 498 g/mol. The summed E-state index contributed by atoms with van der Waals surface area (Å²) in [6.45, 7) is 10.2. The van der Waals surface area contributed by atoms with Gasteiger partial charge in [-0.1, -0.05) is 39.0 Å². The zero-order valence-corrected chi connectivity index (χ0v) is 22.3. The molecule has 0 aliphatic carbocycles. The molecule has 0 radical (unpaired) electrons. The molecular weight excluding hydrogens is 458 g/mol. The highest BCUT2D eigenvalue weighted by molar-refractivity contribution is 7.10. The number of methoxy groups -OCH3 is 1. The van der Waals surface area contributed by atoms with Crippen molar-refractivity contribution < 1.29 is 14.3 Å². The number of ether oxygens (including phenoxy) is 1. The Balaban J connectivity index is 1.30. The first kappa shape index (κ1) is 25.7. The molecule has 6 nitrogen and oxygen atoms in total. The van der Waals surface area contributed by atoms with Gasteiger partial charge in [0.2, 0.25) is 11.8 Å². The summed E-state index contributed by atoms with van der Waals surface area (Å²) >= 11 is 1.70. The molecule has 0 saturated carbocycles. The van der Waals surface area contributed by atoms with Crippen LogP contribution in [-0.2, 0) is 16.1 Å². The number of likely N-dealkylation sites (tertiary alicyclic amines) is 2. The van der Waals surface area contributed by atoms with E-state index in [0.29, 0.717) is 12.5 Å². The highest BCUT2D eigenvalue weighted by Crippen LogP contribution is 2.42. The van der Waals surface area contributed by atoms with Gasteiger partial charge in [0.05, 0.1) is 18.6 Å². The lowest BCUT2D eigenvalue weighted by atomic mass is 9.77. The van der Waals surface area contributed by atoms with Gasteiger partial charge in [-0.05, 0) is 67.9 Å². The minimum Gasteiger partial charge on any atom is -0.497 e. The molecule has 2 fully saturated rings. The number of thiophene rings is 1. The van der Waals surface area contributed by atoms with E-state index in [1.165, 1.54) is 4.88 Å². The summed E-state index contributed by atoms with van der Waals surface area (Å²) < 4.78 is 5.24. The summed E-state index contributed by atoms with van der Waals surface area (Å²) in [5.74, 6) is 1.24. The van der Waals surface area contributed by atoms with E-state index in [1.54, 1.807) is 18.4 Å². The van der Waals surface area contributed by atoms with Crippen molar-refractivity contribution in [1.29, 1.82) is 0 Å². The molecule has 2 aromatic rings. The number of hydrogen-bond acceptors (Lipinski definition) is 5. The Bertz CT molecular complexity index is 989. The molecule has 2 saturated heterocycles. The lowest BCUT2D eigenvalue weighted by Gasteiger charge is -2.38. The standard InChI is InChI=1S/C28H39N3O3S/c1-27(2,3)25(32)29-23(24-6-5-19-35-24)11-15-30-16-12-28(13-17-30)14-18-31(26(28)33)20-21-7-9-22(34-4)10-8-21/h5-10,19,23H,11-18,20H2,1-4H3,(H,29,32). The molecule has 3 heterocycles. The van der Waals surface area contributed by atoms with E-state index in [2.05, 4.69) is 21.7 Å². The highest BCUT2D eigenvalue weighted by atomic mass is 32.1. The van der Waals surface area contributed by atoms with Crippen LogP contribution >= 0.6 is 11.3 Å². The molecule has 35 heavy (non-hydrogen) atoms. The number of hydrogen-bond donors (Lipinski definition) is 1. The predicted molar refractivity (Wildman–Crippen MR) is 140 cm³/mol. The molecular formula is C28H39N3O3S. The van der Waals surface area contributed by atoms with Crippen molar-refractivity contribution >= 4 is 23.2 Å². The van der Waals surface area contributed by atoms with Crippen LogP contribution < -0.4 is 10.1 Å². The molecule has 4 rings (SSSR count). The van der Waals surface area contributed by atoms with E-state index in [9.17, 15) is 9.59 Å². The molecule has 2 aliphatic rings. The second-order valence-electron chi connectivity index (χ2n) is 11.0. The number of benzene rings is 1. The normalized spacial score (nSPS) is 19.2. The Hall–Kier alpha value is -2.38. The van der Waals surface area contributed by atoms with Crippen molar-refractivity contribution in [2.75, 3.05) is 33.3 Å². The van der Waals surface area contributed by atoms with E-state index in [0.717, 1.165) is 63.2 Å². The number of rotatable bonds is 8. The lowest BCUT2D eigenvalue weighted by molar-refractivity contribution is -0.139. The molecule has 1 aromatic carbocycles. The van der Waals surface area contributed by atoms with Crippen LogP contribution in [0.3, 0.4) is 0 Å². The summed E-state index contributed by atoms with van der Waals surface area (Å²) in [6.07, 6.45) is 3.67. The smallest absolute Gasteiger partial charge is 0.229 e. The van der Waals surface area contributed by atoms with Crippen LogP contribution in [0.5, 0.6) is 5.75 Å².